The fourth-order valence-corrected chi connectivity index (χ4v) is 13.6. The molecule has 8 rings (SSSR count). The van der Waals surface area contributed by atoms with Crippen molar-refractivity contribution in [1.82, 2.24) is 20.6 Å². The minimum absolute atomic E-state index is 0.0775. The molecular formula is C43H74N4O7. The minimum Gasteiger partial charge on any atom is -0.394 e. The van der Waals surface area contributed by atoms with Gasteiger partial charge in [-0.25, -0.2) is 0 Å². The van der Waals surface area contributed by atoms with Crippen LogP contribution in [0.1, 0.15) is 111 Å². The van der Waals surface area contributed by atoms with Gasteiger partial charge >= 0.3 is 0 Å². The highest BCUT2D eigenvalue weighted by molar-refractivity contribution is 5.83. The number of fused-ring (bicyclic) bond motifs is 3. The number of hydrogen-bond acceptors (Lipinski definition) is 9. The zero-order valence-electron chi connectivity index (χ0n) is 34.4. The van der Waals surface area contributed by atoms with Gasteiger partial charge in [0.25, 0.3) is 0 Å². The van der Waals surface area contributed by atoms with Gasteiger partial charge in [0.1, 0.15) is 12.1 Å². The van der Waals surface area contributed by atoms with Gasteiger partial charge in [-0.2, -0.15) is 5.06 Å². The summed E-state index contributed by atoms with van der Waals surface area (Å²) in [7, 11) is 6.04. The predicted octanol–water partition coefficient (Wildman–Crippen LogP) is 3.98. The quantitative estimate of drug-likeness (QED) is 0.212. The molecule has 54 heavy (non-hydrogen) atoms. The number of hydroxylamine groups is 2. The van der Waals surface area contributed by atoms with Crippen molar-refractivity contribution in [1.29, 1.82) is 0 Å². The van der Waals surface area contributed by atoms with Crippen LogP contribution in [0.5, 0.6) is 0 Å². The number of ether oxygens (including phenoxy) is 1. The smallest absolute Gasteiger partial charge is 0.240 e. The van der Waals surface area contributed by atoms with Crippen LogP contribution >= 0.6 is 0 Å². The monoisotopic (exact) mass is 759 g/mol. The molecule has 0 aromatic carbocycles. The Morgan fingerprint density at radius 2 is 1.65 bits per heavy atom. The van der Waals surface area contributed by atoms with Crippen molar-refractivity contribution in [2.24, 2.45) is 64.6 Å². The van der Waals surface area contributed by atoms with Crippen molar-refractivity contribution in [3.8, 4) is 0 Å². The minimum atomic E-state index is -0.834. The topological polar surface area (TPSA) is 144 Å². The number of methoxy groups -OCH3 is 1. The first-order valence-electron chi connectivity index (χ1n) is 21.9. The summed E-state index contributed by atoms with van der Waals surface area (Å²) < 4.78 is 6.41. The molecule has 1 saturated heterocycles. The van der Waals surface area contributed by atoms with Gasteiger partial charge in [-0.1, -0.05) is 46.5 Å². The van der Waals surface area contributed by atoms with E-state index in [1.165, 1.54) is 19.3 Å². The molecule has 18 atom stereocenters. The fourth-order valence-electron chi connectivity index (χ4n) is 13.6. The normalized spacial score (nSPS) is 46.8. The lowest BCUT2D eigenvalue weighted by Crippen LogP contribution is -2.62. The molecule has 0 radical (unpaired) electrons. The van der Waals surface area contributed by atoms with Crippen LogP contribution in [-0.2, 0) is 19.2 Å². The summed E-state index contributed by atoms with van der Waals surface area (Å²) in [5.41, 5.74) is 0.311. The number of carbonyl (C=O) groups is 2. The van der Waals surface area contributed by atoms with Gasteiger partial charge in [0.15, 0.2) is 0 Å². The van der Waals surface area contributed by atoms with Crippen LogP contribution in [0.3, 0.4) is 0 Å². The Kier molecular flexibility index (Phi) is 12.5. The third kappa shape index (κ3) is 7.67. The van der Waals surface area contributed by atoms with Gasteiger partial charge in [0.2, 0.25) is 11.8 Å². The second-order valence-electron chi connectivity index (χ2n) is 20.1. The largest absolute Gasteiger partial charge is 0.394 e. The van der Waals surface area contributed by atoms with E-state index < -0.39 is 30.3 Å². The Hall–Kier alpha value is -1.34. The molecule has 9 unspecified atom stereocenters. The molecule has 8 aliphatic rings. The second-order valence-corrected chi connectivity index (χ2v) is 20.1. The van der Waals surface area contributed by atoms with E-state index in [9.17, 15) is 24.9 Å². The van der Waals surface area contributed by atoms with Crippen molar-refractivity contribution in [2.45, 2.75) is 160 Å². The van der Waals surface area contributed by atoms with E-state index >= 15 is 0 Å². The molecule has 0 spiro atoms. The van der Waals surface area contributed by atoms with Gasteiger partial charge < -0.3 is 35.6 Å². The number of aliphatic hydroxyl groups is 3. The molecule has 308 valence electrons. The molecule has 1 heterocycles. The number of carbonyl (C=O) groups excluding carboxylic acids is 2. The number of rotatable bonds is 11. The molecule has 7 aliphatic carbocycles. The molecule has 7 saturated carbocycles. The lowest BCUT2D eigenvalue weighted by Gasteiger charge is -2.62. The Labute approximate surface area is 325 Å². The summed E-state index contributed by atoms with van der Waals surface area (Å²) in [5, 5.41) is 41.2. The maximum atomic E-state index is 14.3. The highest BCUT2D eigenvalue weighted by atomic mass is 16.7. The van der Waals surface area contributed by atoms with Crippen LogP contribution in [0.25, 0.3) is 0 Å². The lowest BCUT2D eigenvalue weighted by molar-refractivity contribution is -0.193. The van der Waals surface area contributed by atoms with Crippen molar-refractivity contribution >= 4 is 11.8 Å². The summed E-state index contributed by atoms with van der Waals surface area (Å²) in [5.74, 6) is 2.36. The summed E-state index contributed by atoms with van der Waals surface area (Å²) in [6.45, 7) is 8.90. The summed E-state index contributed by atoms with van der Waals surface area (Å²) in [6.07, 6.45) is 11.3. The van der Waals surface area contributed by atoms with Gasteiger partial charge in [0.05, 0.1) is 31.0 Å². The SMILES string of the molecule is COC1C(CN2O[C@@H](CO)[C@H]([C@H](C)O)[C@H]2C(=O)NC2C[C@H]3C[C@@H]([C@@H]2C)C3(C)C)CCCC1C1CC(C(=O)N[C@@H]2CC3CCCCC3[C@@H]2O)CC(N(C)C)C1. The third-order valence-corrected chi connectivity index (χ3v) is 16.9. The molecule has 2 bridgehead atoms. The van der Waals surface area contributed by atoms with Gasteiger partial charge in [-0.05, 0) is 126 Å². The molecule has 11 nitrogen and oxygen atoms in total. The zero-order chi connectivity index (χ0) is 38.6. The fraction of sp³-hybridized carbons (Fsp3) is 0.953. The Balaban J connectivity index is 1.04. The molecule has 0 aromatic rings. The highest BCUT2D eigenvalue weighted by Crippen LogP contribution is 2.61. The molecule has 5 N–H and O–H groups in total. The average Bonchev–Trinajstić information content (AvgIpc) is 3.68. The Bertz CT molecular complexity index is 1310. The molecule has 11 heteroatoms. The lowest BCUT2D eigenvalue weighted by atomic mass is 9.45. The van der Waals surface area contributed by atoms with Crippen LogP contribution in [0, 0.1) is 64.6 Å². The predicted molar refractivity (Wildman–Crippen MR) is 207 cm³/mol. The van der Waals surface area contributed by atoms with Gasteiger partial charge in [-0.15, -0.1) is 0 Å². The molecule has 0 aromatic heterocycles. The van der Waals surface area contributed by atoms with Crippen molar-refractivity contribution in [3.63, 3.8) is 0 Å². The van der Waals surface area contributed by atoms with E-state index in [1.807, 2.05) is 0 Å². The van der Waals surface area contributed by atoms with Crippen LogP contribution in [-0.4, -0.2) is 120 Å². The van der Waals surface area contributed by atoms with Crippen molar-refractivity contribution < 1.29 is 34.5 Å². The van der Waals surface area contributed by atoms with Crippen molar-refractivity contribution in [3.05, 3.63) is 0 Å². The Morgan fingerprint density at radius 1 is 0.926 bits per heavy atom. The van der Waals surface area contributed by atoms with Gasteiger partial charge in [0, 0.05) is 43.5 Å². The average molecular weight is 759 g/mol. The maximum Gasteiger partial charge on any atom is 0.240 e. The molecule has 8 fully saturated rings. The van der Waals surface area contributed by atoms with Crippen LogP contribution in [0.4, 0.5) is 0 Å². The Morgan fingerprint density at radius 3 is 2.30 bits per heavy atom. The van der Waals surface area contributed by atoms with E-state index in [4.69, 9.17) is 9.57 Å². The molecular weight excluding hydrogens is 684 g/mol. The molecule has 2 amide bonds. The van der Waals surface area contributed by atoms with E-state index in [-0.39, 0.29) is 60.4 Å². The van der Waals surface area contributed by atoms with Crippen LogP contribution in [0.15, 0.2) is 0 Å². The standard InChI is InChI=1S/C43H74N4O7/c1-23-33-19-29(43(33,3)4)20-34(23)44-42(52)38-37(24(2)49)36(22-48)54-47(38)21-26-12-10-14-32(40(26)53-7)27-15-28(17-30(16-27)46(5)6)41(51)45-35-18-25-11-8-9-13-31(25)39(35)50/h23-40,48-50H,8-22H2,1-7H3,(H,44,52)(H,45,51)/t23-,24-,25?,26?,27?,28?,29+,30?,31?,32?,33-,34?,35+,36-,37-,38-,39-,40?/m0/s1. The number of aliphatic hydroxyl groups excluding tert-OH is 3. The van der Waals surface area contributed by atoms with Crippen LogP contribution < -0.4 is 10.6 Å². The summed E-state index contributed by atoms with van der Waals surface area (Å²) in [4.78, 5) is 37.0. The molecule has 1 aliphatic heterocycles. The number of amides is 2. The number of hydrogen-bond donors (Lipinski definition) is 5. The van der Waals surface area contributed by atoms with Crippen LogP contribution in [0.2, 0.25) is 0 Å². The van der Waals surface area contributed by atoms with E-state index in [0.29, 0.717) is 47.5 Å². The second kappa shape index (κ2) is 16.5. The maximum absolute atomic E-state index is 14.3. The van der Waals surface area contributed by atoms with E-state index in [0.717, 1.165) is 64.2 Å². The zero-order valence-corrected chi connectivity index (χ0v) is 34.4. The first kappa shape index (κ1) is 40.8. The number of nitrogens with zero attached hydrogens (tertiary/aromatic N) is 2. The van der Waals surface area contributed by atoms with E-state index in [2.05, 4.69) is 50.4 Å². The van der Waals surface area contributed by atoms with Gasteiger partial charge in [-0.3, -0.25) is 14.4 Å². The van der Waals surface area contributed by atoms with Crippen molar-refractivity contribution in [2.75, 3.05) is 34.4 Å². The first-order valence-corrected chi connectivity index (χ1v) is 21.9. The highest BCUT2D eigenvalue weighted by Gasteiger charge is 2.58. The summed E-state index contributed by atoms with van der Waals surface area (Å²) >= 11 is 0. The van der Waals surface area contributed by atoms with E-state index in [1.54, 1.807) is 19.1 Å². The number of nitrogens with one attached hydrogen (secondary N) is 2. The first-order chi connectivity index (χ1) is 25.7. The summed E-state index contributed by atoms with van der Waals surface area (Å²) in [6, 6.07) is -0.493. The third-order valence-electron chi connectivity index (χ3n) is 16.9.